The largest absolute Gasteiger partial charge is 0.467 e. The standard InChI is InChI=1S/C16H22N4O/c1-2-13-6-3-4-8-20(13)16-10-15(18-12-19-16)17-11-14-7-5-9-21-14/h5,7,9-10,12-13H,2-4,6,8,11H2,1H3,(H,17,18,19). The summed E-state index contributed by atoms with van der Waals surface area (Å²) in [4.78, 5) is 11.2. The van der Waals surface area contributed by atoms with Crippen LogP contribution in [0, 0.1) is 0 Å². The molecule has 1 fully saturated rings. The molecule has 0 radical (unpaired) electrons. The number of hydrogen-bond acceptors (Lipinski definition) is 5. The van der Waals surface area contributed by atoms with E-state index in [1.165, 1.54) is 25.7 Å². The molecule has 0 aliphatic carbocycles. The minimum Gasteiger partial charge on any atom is -0.467 e. The topological polar surface area (TPSA) is 54.2 Å². The monoisotopic (exact) mass is 286 g/mol. The van der Waals surface area contributed by atoms with Crippen molar-refractivity contribution in [2.75, 3.05) is 16.8 Å². The highest BCUT2D eigenvalue weighted by Crippen LogP contribution is 2.25. The Morgan fingerprint density at radius 1 is 1.38 bits per heavy atom. The van der Waals surface area contributed by atoms with Crippen molar-refractivity contribution < 1.29 is 4.42 Å². The first-order chi connectivity index (χ1) is 10.4. The molecule has 1 N–H and O–H groups in total. The lowest BCUT2D eigenvalue weighted by Gasteiger charge is -2.36. The van der Waals surface area contributed by atoms with Crippen molar-refractivity contribution in [1.29, 1.82) is 0 Å². The molecule has 1 atom stereocenters. The van der Waals surface area contributed by atoms with Crippen LogP contribution in [0.5, 0.6) is 0 Å². The van der Waals surface area contributed by atoms with Crippen molar-refractivity contribution in [3.8, 4) is 0 Å². The van der Waals surface area contributed by atoms with E-state index in [0.717, 1.165) is 23.9 Å². The summed E-state index contributed by atoms with van der Waals surface area (Å²) in [5.41, 5.74) is 0. The normalized spacial score (nSPS) is 18.7. The van der Waals surface area contributed by atoms with Gasteiger partial charge in [0.1, 0.15) is 23.7 Å². The lowest BCUT2D eigenvalue weighted by molar-refractivity contribution is 0.446. The lowest BCUT2D eigenvalue weighted by atomic mass is 10.0. The van der Waals surface area contributed by atoms with E-state index in [1.807, 2.05) is 18.2 Å². The molecular formula is C16H22N4O. The Morgan fingerprint density at radius 2 is 2.33 bits per heavy atom. The average molecular weight is 286 g/mol. The van der Waals surface area contributed by atoms with Gasteiger partial charge in [0.15, 0.2) is 0 Å². The van der Waals surface area contributed by atoms with E-state index in [2.05, 4.69) is 27.1 Å². The van der Waals surface area contributed by atoms with E-state index in [9.17, 15) is 0 Å². The Balaban J connectivity index is 1.70. The Bertz CT molecular complexity index is 555. The molecule has 5 nitrogen and oxygen atoms in total. The Labute approximate surface area is 125 Å². The molecule has 2 aromatic heterocycles. The number of anilines is 2. The maximum Gasteiger partial charge on any atom is 0.134 e. The second kappa shape index (κ2) is 6.61. The molecule has 1 saturated heterocycles. The molecule has 2 aromatic rings. The fourth-order valence-electron chi connectivity index (χ4n) is 2.92. The van der Waals surface area contributed by atoms with Crippen LogP contribution in [0.2, 0.25) is 0 Å². The molecule has 1 aliphatic heterocycles. The lowest BCUT2D eigenvalue weighted by Crippen LogP contribution is -2.39. The SMILES string of the molecule is CCC1CCCCN1c1cc(NCc2ccco2)ncn1. The number of rotatable bonds is 5. The van der Waals surface area contributed by atoms with Gasteiger partial charge < -0.3 is 14.6 Å². The molecule has 0 amide bonds. The Morgan fingerprint density at radius 3 is 3.14 bits per heavy atom. The van der Waals surface area contributed by atoms with Crippen molar-refractivity contribution in [1.82, 2.24) is 9.97 Å². The minimum absolute atomic E-state index is 0.603. The molecule has 0 bridgehead atoms. The second-order valence-electron chi connectivity index (χ2n) is 5.45. The average Bonchev–Trinajstić information content (AvgIpc) is 3.06. The van der Waals surface area contributed by atoms with Crippen LogP contribution in [0.15, 0.2) is 35.2 Å². The first kappa shape index (κ1) is 13.9. The molecule has 1 aliphatic rings. The quantitative estimate of drug-likeness (QED) is 0.912. The predicted octanol–water partition coefficient (Wildman–Crippen LogP) is 3.45. The van der Waals surface area contributed by atoms with E-state index in [1.54, 1.807) is 12.6 Å². The summed E-state index contributed by atoms with van der Waals surface area (Å²) in [5.74, 6) is 2.77. The van der Waals surface area contributed by atoms with Gasteiger partial charge in [0.2, 0.25) is 0 Å². The molecule has 1 unspecified atom stereocenters. The van der Waals surface area contributed by atoms with Gasteiger partial charge in [-0.1, -0.05) is 6.92 Å². The summed E-state index contributed by atoms with van der Waals surface area (Å²) in [7, 11) is 0. The number of nitrogens with one attached hydrogen (secondary N) is 1. The summed E-state index contributed by atoms with van der Waals surface area (Å²) in [6.07, 6.45) is 8.32. The smallest absolute Gasteiger partial charge is 0.134 e. The molecule has 3 rings (SSSR count). The molecule has 112 valence electrons. The third-order valence-corrected chi connectivity index (χ3v) is 4.07. The second-order valence-corrected chi connectivity index (χ2v) is 5.45. The van der Waals surface area contributed by atoms with Crippen LogP contribution in [0.25, 0.3) is 0 Å². The van der Waals surface area contributed by atoms with Crippen molar-refractivity contribution >= 4 is 11.6 Å². The van der Waals surface area contributed by atoms with Gasteiger partial charge in [-0.05, 0) is 37.8 Å². The van der Waals surface area contributed by atoms with Crippen LogP contribution in [-0.4, -0.2) is 22.6 Å². The maximum absolute atomic E-state index is 5.32. The van der Waals surface area contributed by atoms with E-state index >= 15 is 0 Å². The van der Waals surface area contributed by atoms with Crippen LogP contribution in [-0.2, 0) is 6.54 Å². The number of nitrogens with zero attached hydrogens (tertiary/aromatic N) is 3. The fourth-order valence-corrected chi connectivity index (χ4v) is 2.92. The van der Waals surface area contributed by atoms with Gasteiger partial charge >= 0.3 is 0 Å². The van der Waals surface area contributed by atoms with Crippen molar-refractivity contribution in [2.24, 2.45) is 0 Å². The highest BCUT2D eigenvalue weighted by atomic mass is 16.3. The fraction of sp³-hybridized carbons (Fsp3) is 0.500. The van der Waals surface area contributed by atoms with Gasteiger partial charge in [-0.2, -0.15) is 0 Å². The van der Waals surface area contributed by atoms with Crippen LogP contribution in [0.1, 0.15) is 38.4 Å². The van der Waals surface area contributed by atoms with E-state index in [0.29, 0.717) is 12.6 Å². The number of furan rings is 1. The van der Waals surface area contributed by atoms with Crippen molar-refractivity contribution in [2.45, 2.75) is 45.2 Å². The van der Waals surface area contributed by atoms with Crippen LogP contribution >= 0.6 is 0 Å². The minimum atomic E-state index is 0.603. The third kappa shape index (κ3) is 3.35. The number of piperidine rings is 1. The first-order valence-corrected chi connectivity index (χ1v) is 7.71. The van der Waals surface area contributed by atoms with Crippen molar-refractivity contribution in [3.63, 3.8) is 0 Å². The molecule has 3 heterocycles. The van der Waals surface area contributed by atoms with Crippen LogP contribution in [0.4, 0.5) is 11.6 Å². The molecule has 21 heavy (non-hydrogen) atoms. The summed E-state index contributed by atoms with van der Waals surface area (Å²) in [6, 6.07) is 6.48. The van der Waals surface area contributed by atoms with Crippen LogP contribution < -0.4 is 10.2 Å². The molecule has 5 heteroatoms. The van der Waals surface area contributed by atoms with E-state index in [-0.39, 0.29) is 0 Å². The highest BCUT2D eigenvalue weighted by molar-refractivity contribution is 5.49. The van der Waals surface area contributed by atoms with Crippen LogP contribution in [0.3, 0.4) is 0 Å². The molecular weight excluding hydrogens is 264 g/mol. The summed E-state index contributed by atoms with van der Waals surface area (Å²) < 4.78 is 5.32. The predicted molar refractivity (Wildman–Crippen MR) is 83.3 cm³/mol. The van der Waals surface area contributed by atoms with Crippen molar-refractivity contribution in [3.05, 3.63) is 36.5 Å². The zero-order valence-corrected chi connectivity index (χ0v) is 12.5. The maximum atomic E-state index is 5.32. The van der Waals surface area contributed by atoms with E-state index < -0.39 is 0 Å². The molecule has 0 aromatic carbocycles. The first-order valence-electron chi connectivity index (χ1n) is 7.71. The number of aromatic nitrogens is 2. The zero-order chi connectivity index (χ0) is 14.5. The Hall–Kier alpha value is -2.04. The van der Waals surface area contributed by atoms with Gasteiger partial charge in [0.05, 0.1) is 12.8 Å². The molecule has 0 spiro atoms. The van der Waals surface area contributed by atoms with Gasteiger partial charge in [0.25, 0.3) is 0 Å². The molecule has 0 saturated carbocycles. The summed E-state index contributed by atoms with van der Waals surface area (Å²) in [5, 5.41) is 3.29. The summed E-state index contributed by atoms with van der Waals surface area (Å²) >= 11 is 0. The zero-order valence-electron chi connectivity index (χ0n) is 12.5. The van der Waals surface area contributed by atoms with Gasteiger partial charge in [-0.3, -0.25) is 0 Å². The van der Waals surface area contributed by atoms with E-state index in [4.69, 9.17) is 4.42 Å². The highest BCUT2D eigenvalue weighted by Gasteiger charge is 2.22. The number of hydrogen-bond donors (Lipinski definition) is 1. The van der Waals surface area contributed by atoms with Gasteiger partial charge in [0, 0.05) is 18.7 Å². The summed E-state index contributed by atoms with van der Waals surface area (Å²) in [6.45, 7) is 3.98. The Kier molecular flexibility index (Phi) is 4.38. The van der Waals surface area contributed by atoms with Gasteiger partial charge in [-0.25, -0.2) is 9.97 Å². The van der Waals surface area contributed by atoms with Gasteiger partial charge in [-0.15, -0.1) is 0 Å². The third-order valence-electron chi connectivity index (χ3n) is 4.07.